The van der Waals surface area contributed by atoms with Crippen molar-refractivity contribution < 1.29 is 0 Å². The summed E-state index contributed by atoms with van der Waals surface area (Å²) in [5.74, 6) is 0. The van der Waals surface area contributed by atoms with E-state index in [1.807, 2.05) is 7.05 Å². The quantitative estimate of drug-likeness (QED) is 0.640. The SMILES string of the molecule is CNC(C)[CH](C)[SnH]. The molecular weight excluding hydrogens is 193 g/mol. The fourth-order valence-corrected chi connectivity index (χ4v) is 0.812. The van der Waals surface area contributed by atoms with Crippen molar-refractivity contribution in [1.82, 2.24) is 5.32 Å². The van der Waals surface area contributed by atoms with E-state index in [2.05, 4.69) is 19.2 Å². The summed E-state index contributed by atoms with van der Waals surface area (Å²) in [5, 5.41) is 3.20. The summed E-state index contributed by atoms with van der Waals surface area (Å²) in [7, 11) is 2.01. The van der Waals surface area contributed by atoms with Crippen molar-refractivity contribution in [2.75, 3.05) is 7.05 Å². The summed E-state index contributed by atoms with van der Waals surface area (Å²) >= 11 is 1.36. The van der Waals surface area contributed by atoms with Gasteiger partial charge in [-0.3, -0.25) is 0 Å². The molecule has 0 bridgehead atoms. The summed E-state index contributed by atoms with van der Waals surface area (Å²) in [6.45, 7) is 4.48. The average molecular weight is 206 g/mol. The maximum absolute atomic E-state index is 3.20. The molecule has 0 aromatic rings. The van der Waals surface area contributed by atoms with Gasteiger partial charge in [0.2, 0.25) is 0 Å². The predicted molar refractivity (Wildman–Crippen MR) is 35.1 cm³/mol. The summed E-state index contributed by atoms with van der Waals surface area (Å²) < 4.78 is 0.885. The topological polar surface area (TPSA) is 12.0 Å². The van der Waals surface area contributed by atoms with Gasteiger partial charge < -0.3 is 0 Å². The molecular formula is C5H13NSn. The van der Waals surface area contributed by atoms with Gasteiger partial charge in [0.05, 0.1) is 0 Å². The van der Waals surface area contributed by atoms with Gasteiger partial charge in [-0.1, -0.05) is 0 Å². The molecule has 2 heteroatoms. The van der Waals surface area contributed by atoms with Crippen LogP contribution in [-0.2, 0) is 0 Å². The average Bonchev–Trinajstić information content (AvgIpc) is 1.65. The molecule has 7 heavy (non-hydrogen) atoms. The van der Waals surface area contributed by atoms with Crippen molar-refractivity contribution in [2.45, 2.75) is 23.8 Å². The van der Waals surface area contributed by atoms with E-state index in [0.29, 0.717) is 6.04 Å². The summed E-state index contributed by atoms with van der Waals surface area (Å²) in [6, 6.07) is 0.711. The van der Waals surface area contributed by atoms with Gasteiger partial charge in [-0.2, -0.15) is 0 Å². The summed E-state index contributed by atoms with van der Waals surface area (Å²) in [6.07, 6.45) is 0. The third-order valence-corrected chi connectivity index (χ3v) is 2.89. The van der Waals surface area contributed by atoms with Gasteiger partial charge in [-0.25, -0.2) is 0 Å². The van der Waals surface area contributed by atoms with Crippen LogP contribution >= 0.6 is 0 Å². The standard InChI is InChI=1S/C5H12N.Sn.H/c1-4-5(2)6-3;;/h4-6H,1-3H3;;. The molecule has 2 atom stereocenters. The van der Waals surface area contributed by atoms with Crippen LogP contribution in [0.5, 0.6) is 0 Å². The molecule has 1 N–H and O–H groups in total. The molecule has 0 aliphatic rings. The fourth-order valence-electron chi connectivity index (χ4n) is 0.263. The third kappa shape index (κ3) is 3.35. The van der Waals surface area contributed by atoms with E-state index >= 15 is 0 Å². The molecule has 0 saturated carbocycles. The second-order valence-corrected chi connectivity index (χ2v) is 4.94. The van der Waals surface area contributed by atoms with Crippen molar-refractivity contribution in [3.63, 3.8) is 0 Å². The van der Waals surface area contributed by atoms with Crippen LogP contribution in [0.4, 0.5) is 0 Å². The molecule has 2 unspecified atom stereocenters. The zero-order chi connectivity index (χ0) is 5.86. The molecule has 0 aromatic carbocycles. The van der Waals surface area contributed by atoms with Crippen molar-refractivity contribution in [3.05, 3.63) is 0 Å². The molecule has 0 aliphatic heterocycles. The van der Waals surface area contributed by atoms with Crippen molar-refractivity contribution >= 4 is 22.5 Å². The molecule has 0 heterocycles. The van der Waals surface area contributed by atoms with Crippen molar-refractivity contribution in [1.29, 1.82) is 0 Å². The van der Waals surface area contributed by atoms with Crippen molar-refractivity contribution in [2.24, 2.45) is 0 Å². The van der Waals surface area contributed by atoms with Gasteiger partial charge in [-0.05, 0) is 0 Å². The van der Waals surface area contributed by atoms with E-state index in [-0.39, 0.29) is 0 Å². The first-order valence-electron chi connectivity index (χ1n) is 2.61. The molecule has 0 fully saturated rings. The number of hydrogen-bond acceptors (Lipinski definition) is 1. The Kier molecular flexibility index (Phi) is 4.13. The Morgan fingerprint density at radius 3 is 1.86 bits per heavy atom. The van der Waals surface area contributed by atoms with Gasteiger partial charge in [0.15, 0.2) is 0 Å². The Labute approximate surface area is 59.0 Å². The van der Waals surface area contributed by atoms with Crippen molar-refractivity contribution in [3.8, 4) is 0 Å². The number of hydrogen-bond donors (Lipinski definition) is 1. The van der Waals surface area contributed by atoms with E-state index < -0.39 is 0 Å². The van der Waals surface area contributed by atoms with E-state index in [9.17, 15) is 0 Å². The van der Waals surface area contributed by atoms with Crippen LogP contribution in [-0.4, -0.2) is 35.6 Å². The number of nitrogens with one attached hydrogen (secondary N) is 1. The summed E-state index contributed by atoms with van der Waals surface area (Å²) in [4.78, 5) is 0. The van der Waals surface area contributed by atoms with E-state index in [1.54, 1.807) is 0 Å². The van der Waals surface area contributed by atoms with Crippen LogP contribution in [0.3, 0.4) is 0 Å². The molecule has 0 spiro atoms. The Bertz CT molecular complexity index is 45.3. The van der Waals surface area contributed by atoms with Gasteiger partial charge >= 0.3 is 58.7 Å². The van der Waals surface area contributed by atoms with E-state index in [1.165, 1.54) is 22.5 Å². The Morgan fingerprint density at radius 1 is 1.43 bits per heavy atom. The van der Waals surface area contributed by atoms with E-state index in [0.717, 1.165) is 3.93 Å². The van der Waals surface area contributed by atoms with Gasteiger partial charge in [0.25, 0.3) is 0 Å². The first kappa shape index (κ1) is 7.76. The predicted octanol–water partition coefficient (Wildman–Crippen LogP) is 0.303. The van der Waals surface area contributed by atoms with Crippen LogP contribution < -0.4 is 5.32 Å². The third-order valence-electron chi connectivity index (χ3n) is 1.24. The molecule has 0 amide bonds. The Balaban J connectivity index is 3.14. The molecule has 0 aromatic heterocycles. The van der Waals surface area contributed by atoms with Gasteiger partial charge in [0, 0.05) is 0 Å². The molecule has 2 radical (unpaired) electrons. The normalized spacial score (nSPS) is 18.9. The Hall–Kier alpha value is 0.759. The molecule has 0 rings (SSSR count). The Morgan fingerprint density at radius 2 is 1.86 bits per heavy atom. The zero-order valence-electron chi connectivity index (χ0n) is 5.23. The number of rotatable bonds is 2. The maximum atomic E-state index is 3.20. The minimum absolute atomic E-state index is 0.711. The van der Waals surface area contributed by atoms with Crippen LogP contribution in [0.2, 0.25) is 3.93 Å². The van der Waals surface area contributed by atoms with Crippen LogP contribution in [0.15, 0.2) is 0 Å². The second-order valence-electron chi connectivity index (χ2n) is 1.94. The van der Waals surface area contributed by atoms with Gasteiger partial charge in [-0.15, -0.1) is 0 Å². The molecule has 1 nitrogen and oxygen atoms in total. The van der Waals surface area contributed by atoms with Crippen LogP contribution in [0, 0.1) is 0 Å². The van der Waals surface area contributed by atoms with Crippen LogP contribution in [0.25, 0.3) is 0 Å². The molecule has 42 valence electrons. The van der Waals surface area contributed by atoms with Gasteiger partial charge in [0.1, 0.15) is 0 Å². The minimum atomic E-state index is 0.711. The molecule has 0 saturated heterocycles. The monoisotopic (exact) mass is 207 g/mol. The summed E-state index contributed by atoms with van der Waals surface area (Å²) in [5.41, 5.74) is 0. The second kappa shape index (κ2) is 3.72. The van der Waals surface area contributed by atoms with Crippen LogP contribution in [0.1, 0.15) is 13.8 Å². The zero-order valence-corrected chi connectivity index (χ0v) is 8.53. The first-order valence-corrected chi connectivity index (χ1v) is 4.51. The van der Waals surface area contributed by atoms with E-state index in [4.69, 9.17) is 0 Å². The first-order chi connectivity index (χ1) is 3.18. The molecule has 0 aliphatic carbocycles. The fraction of sp³-hybridized carbons (Fsp3) is 1.00.